The van der Waals surface area contributed by atoms with E-state index in [-0.39, 0.29) is 48.8 Å². The van der Waals surface area contributed by atoms with Crippen molar-refractivity contribution in [1.82, 2.24) is 9.97 Å². The van der Waals surface area contributed by atoms with E-state index in [0.29, 0.717) is 86.8 Å². The molecule has 52 heavy (non-hydrogen) atoms. The standard InChI is InChI=1S/C35H39F6N5O6/c1-3-24-18-27(26-19-25(50-2)7-8-29(26)46(24)33(49)52-11-5-4-6-31(47)48)43-32-42-20-30(45-9-12-51-13-10-45)28(44-32)16-21-14-22(34(36,37)38)17-23(15-21)35(39,40)41/h7-8,14-15,17,19-20,24,27H,3-6,9-13,16,18H2,1-2H3,(H,47,48)(H,42,43,44)/t24-,27+/m1/s1. The number of nitrogens with zero attached hydrogens (tertiary/aromatic N) is 4. The fraction of sp³-hybridized carbons (Fsp3) is 0.486. The molecule has 2 N–H and O–H groups in total. The smallest absolute Gasteiger partial charge is 0.416 e. The molecule has 3 heterocycles. The molecule has 2 aliphatic rings. The van der Waals surface area contributed by atoms with E-state index in [0.717, 1.165) is 0 Å². The topological polar surface area (TPSA) is 126 Å². The average Bonchev–Trinajstić information content (AvgIpc) is 3.10. The third-order valence-corrected chi connectivity index (χ3v) is 8.94. The molecule has 2 atom stereocenters. The Bertz CT molecular complexity index is 1700. The molecule has 0 spiro atoms. The highest BCUT2D eigenvalue weighted by Gasteiger charge is 2.38. The Morgan fingerprint density at radius 3 is 2.31 bits per heavy atom. The number of ether oxygens (including phenoxy) is 3. The first kappa shape index (κ1) is 38.4. The highest BCUT2D eigenvalue weighted by molar-refractivity contribution is 5.90. The van der Waals surface area contributed by atoms with Crippen molar-refractivity contribution in [3.63, 3.8) is 0 Å². The molecule has 0 unspecified atom stereocenters. The van der Waals surface area contributed by atoms with Gasteiger partial charge in [-0.1, -0.05) is 6.92 Å². The maximum absolute atomic E-state index is 13.7. The lowest BCUT2D eigenvalue weighted by molar-refractivity contribution is -0.143. The van der Waals surface area contributed by atoms with Gasteiger partial charge in [-0.25, -0.2) is 14.8 Å². The van der Waals surface area contributed by atoms with E-state index in [4.69, 9.17) is 19.3 Å². The molecule has 1 amide bonds. The Balaban J connectivity index is 1.48. The zero-order valence-electron chi connectivity index (χ0n) is 28.5. The minimum atomic E-state index is -5.01. The summed E-state index contributed by atoms with van der Waals surface area (Å²) in [6.45, 7) is 3.50. The van der Waals surface area contributed by atoms with Crippen LogP contribution in [0, 0.1) is 0 Å². The number of halogens is 6. The molecular formula is C35H39F6N5O6. The number of aliphatic carboxylic acids is 1. The summed E-state index contributed by atoms with van der Waals surface area (Å²) in [5.41, 5.74) is -1.22. The Hall–Kier alpha value is -4.80. The summed E-state index contributed by atoms with van der Waals surface area (Å²) in [5, 5.41) is 12.2. The highest BCUT2D eigenvalue weighted by atomic mass is 19.4. The molecule has 5 rings (SSSR count). The number of aromatic nitrogens is 2. The van der Waals surface area contributed by atoms with Crippen LogP contribution in [-0.2, 0) is 33.0 Å². The summed E-state index contributed by atoms with van der Waals surface area (Å²) in [4.78, 5) is 36.8. The van der Waals surface area contributed by atoms with E-state index in [1.807, 2.05) is 11.8 Å². The SMILES string of the molecule is CC[C@@H]1C[C@H](Nc2ncc(N3CCOCC3)c(Cc3cc(C(F)(F)F)cc(C(F)(F)F)c3)n2)c2cc(OC)ccc2N1C(=O)OCCCCC(=O)O. The lowest BCUT2D eigenvalue weighted by Gasteiger charge is -2.40. The number of fused-ring (bicyclic) bond motifs is 1. The van der Waals surface area contributed by atoms with Crippen molar-refractivity contribution in [2.75, 3.05) is 55.1 Å². The maximum atomic E-state index is 13.7. The van der Waals surface area contributed by atoms with E-state index < -0.39 is 41.6 Å². The number of amides is 1. The highest BCUT2D eigenvalue weighted by Crippen LogP contribution is 2.42. The molecule has 1 fully saturated rings. The molecule has 1 aromatic heterocycles. The van der Waals surface area contributed by atoms with Gasteiger partial charge in [0.25, 0.3) is 0 Å². The maximum Gasteiger partial charge on any atom is 0.416 e. The van der Waals surface area contributed by atoms with Gasteiger partial charge < -0.3 is 29.5 Å². The van der Waals surface area contributed by atoms with Crippen molar-refractivity contribution in [2.45, 2.75) is 69.9 Å². The van der Waals surface area contributed by atoms with Gasteiger partial charge in [-0.15, -0.1) is 0 Å². The number of carboxylic acids is 1. The lowest BCUT2D eigenvalue weighted by Crippen LogP contribution is -2.46. The largest absolute Gasteiger partial charge is 0.497 e. The molecular weight excluding hydrogens is 700 g/mol. The van der Waals surface area contributed by atoms with Gasteiger partial charge in [-0.2, -0.15) is 26.3 Å². The number of anilines is 3. The molecule has 3 aromatic rings. The van der Waals surface area contributed by atoms with Gasteiger partial charge in [0.1, 0.15) is 5.75 Å². The number of rotatable bonds is 12. The van der Waals surface area contributed by atoms with E-state index in [9.17, 15) is 35.9 Å². The second kappa shape index (κ2) is 16.3. The Labute approximate surface area is 295 Å². The Morgan fingerprint density at radius 1 is 1.00 bits per heavy atom. The predicted molar refractivity (Wildman–Crippen MR) is 178 cm³/mol. The second-order valence-electron chi connectivity index (χ2n) is 12.5. The normalized spacial score (nSPS) is 17.8. The third-order valence-electron chi connectivity index (χ3n) is 8.94. The summed E-state index contributed by atoms with van der Waals surface area (Å²) < 4.78 is 98.7. The molecule has 1 saturated heterocycles. The third kappa shape index (κ3) is 9.35. The number of methoxy groups -OCH3 is 1. The summed E-state index contributed by atoms with van der Waals surface area (Å²) in [6, 6.07) is 5.79. The first-order valence-electron chi connectivity index (χ1n) is 16.8. The summed E-state index contributed by atoms with van der Waals surface area (Å²) in [7, 11) is 1.49. The molecule has 2 aliphatic heterocycles. The van der Waals surface area contributed by atoms with Gasteiger partial charge in [0.2, 0.25) is 5.95 Å². The number of carbonyl (C=O) groups is 2. The first-order valence-corrected chi connectivity index (χ1v) is 16.8. The van der Waals surface area contributed by atoms with Gasteiger partial charge >= 0.3 is 24.4 Å². The van der Waals surface area contributed by atoms with E-state index in [2.05, 4.69) is 15.3 Å². The van der Waals surface area contributed by atoms with Crippen LogP contribution in [0.4, 0.5) is 48.5 Å². The van der Waals surface area contributed by atoms with Crippen LogP contribution in [0.3, 0.4) is 0 Å². The van der Waals surface area contributed by atoms with Crippen molar-refractivity contribution in [2.24, 2.45) is 0 Å². The molecule has 0 saturated carbocycles. The van der Waals surface area contributed by atoms with E-state index in [1.165, 1.54) is 13.3 Å². The van der Waals surface area contributed by atoms with E-state index >= 15 is 0 Å². The number of carbonyl (C=O) groups excluding carboxylic acids is 1. The number of nitrogens with one attached hydrogen (secondary N) is 1. The summed E-state index contributed by atoms with van der Waals surface area (Å²) in [5.74, 6) is -0.359. The van der Waals surface area contributed by atoms with Crippen LogP contribution in [-0.4, -0.2) is 73.2 Å². The van der Waals surface area contributed by atoms with Crippen LogP contribution in [0.2, 0.25) is 0 Å². The molecule has 17 heteroatoms. The first-order chi connectivity index (χ1) is 24.7. The van der Waals surface area contributed by atoms with Crippen LogP contribution >= 0.6 is 0 Å². The van der Waals surface area contributed by atoms with Gasteiger partial charge in [-0.3, -0.25) is 9.69 Å². The molecule has 0 aliphatic carbocycles. The van der Waals surface area contributed by atoms with Crippen molar-refractivity contribution >= 4 is 29.4 Å². The number of morpholine rings is 1. The zero-order valence-corrected chi connectivity index (χ0v) is 28.5. The fourth-order valence-corrected chi connectivity index (χ4v) is 6.35. The summed E-state index contributed by atoms with van der Waals surface area (Å²) in [6.07, 6.45) is -7.90. The van der Waals surface area contributed by atoms with Crippen LogP contribution in [0.5, 0.6) is 5.75 Å². The number of hydrogen-bond donors (Lipinski definition) is 2. The number of carboxylic acid groups (broad SMARTS) is 1. The minimum Gasteiger partial charge on any atom is -0.497 e. The molecule has 282 valence electrons. The molecule has 11 nitrogen and oxygen atoms in total. The molecule has 0 bridgehead atoms. The van der Waals surface area contributed by atoms with Gasteiger partial charge in [0, 0.05) is 37.5 Å². The fourth-order valence-electron chi connectivity index (χ4n) is 6.35. The number of hydrogen-bond acceptors (Lipinski definition) is 9. The summed E-state index contributed by atoms with van der Waals surface area (Å²) >= 11 is 0. The molecule has 2 aromatic carbocycles. The van der Waals surface area contributed by atoms with Crippen molar-refractivity contribution in [1.29, 1.82) is 0 Å². The van der Waals surface area contributed by atoms with Crippen LogP contribution in [0.15, 0.2) is 42.6 Å². The quantitative estimate of drug-likeness (QED) is 0.143. The molecule has 0 radical (unpaired) electrons. The second-order valence-corrected chi connectivity index (χ2v) is 12.5. The van der Waals surface area contributed by atoms with Crippen molar-refractivity contribution < 1.29 is 55.2 Å². The van der Waals surface area contributed by atoms with E-state index in [1.54, 1.807) is 23.1 Å². The Kier molecular flexibility index (Phi) is 12.0. The van der Waals surface area contributed by atoms with Gasteiger partial charge in [-0.05, 0) is 67.6 Å². The van der Waals surface area contributed by atoms with Crippen LogP contribution in [0.25, 0.3) is 0 Å². The van der Waals surface area contributed by atoms with Crippen molar-refractivity contribution in [3.8, 4) is 5.75 Å². The number of unbranched alkanes of at least 4 members (excludes halogenated alkanes) is 1. The van der Waals surface area contributed by atoms with Crippen molar-refractivity contribution in [3.05, 3.63) is 70.5 Å². The Morgan fingerprint density at radius 2 is 1.69 bits per heavy atom. The van der Waals surface area contributed by atoms with Crippen LogP contribution < -0.4 is 19.9 Å². The zero-order chi connectivity index (χ0) is 37.6. The lowest BCUT2D eigenvalue weighted by atomic mass is 9.90. The monoisotopic (exact) mass is 739 g/mol. The number of alkyl halides is 6. The predicted octanol–water partition coefficient (Wildman–Crippen LogP) is 7.48. The van der Waals surface area contributed by atoms with Crippen LogP contribution in [0.1, 0.15) is 73.0 Å². The van der Waals surface area contributed by atoms with Gasteiger partial charge in [0.05, 0.1) is 67.4 Å². The van der Waals surface area contributed by atoms with Gasteiger partial charge in [0.15, 0.2) is 0 Å². The average molecular weight is 740 g/mol. The minimum absolute atomic E-state index is 0.0364. The number of benzene rings is 2.